The number of benzene rings is 2. The van der Waals surface area contributed by atoms with E-state index in [0.29, 0.717) is 29.3 Å². The van der Waals surface area contributed by atoms with Gasteiger partial charge in [-0.05, 0) is 36.2 Å². The predicted molar refractivity (Wildman–Crippen MR) is 117 cm³/mol. The van der Waals surface area contributed by atoms with Crippen molar-refractivity contribution in [1.29, 1.82) is 0 Å². The maximum Gasteiger partial charge on any atom is 0.183 e. The number of ether oxygens (including phenoxy) is 2. The minimum Gasteiger partial charge on any atom is -0.348 e. The molecule has 1 fully saturated rings. The van der Waals surface area contributed by atoms with E-state index in [9.17, 15) is 4.39 Å². The number of aromatic nitrogens is 2. The van der Waals surface area contributed by atoms with Gasteiger partial charge in [-0.1, -0.05) is 54.3 Å². The Kier molecular flexibility index (Phi) is 5.12. The first kappa shape index (κ1) is 19.1. The summed E-state index contributed by atoms with van der Waals surface area (Å²) in [4.78, 5) is 10.0. The maximum atomic E-state index is 14.9. The Morgan fingerprint density at radius 1 is 1.00 bits per heavy atom. The summed E-state index contributed by atoms with van der Waals surface area (Å²) in [7, 11) is 0. The van der Waals surface area contributed by atoms with Crippen molar-refractivity contribution in [3.8, 4) is 10.6 Å². The molecule has 0 radical (unpaired) electrons. The average molecular weight is 418 g/mol. The molecular formula is C24H19FN2O2S. The number of nitrogens with zero attached hydrogens (tertiary/aromatic N) is 2. The highest BCUT2D eigenvalue weighted by Gasteiger charge is 2.20. The molecule has 30 heavy (non-hydrogen) atoms. The maximum absolute atomic E-state index is 14.9. The van der Waals surface area contributed by atoms with Crippen LogP contribution in [-0.4, -0.2) is 23.2 Å². The molecule has 1 aliphatic heterocycles. The number of hydrogen-bond acceptors (Lipinski definition) is 5. The van der Waals surface area contributed by atoms with Crippen LogP contribution in [0, 0.1) is 5.82 Å². The van der Waals surface area contributed by atoms with Crippen LogP contribution in [0.15, 0.2) is 67.2 Å². The van der Waals surface area contributed by atoms with Crippen molar-refractivity contribution >= 4 is 27.3 Å². The zero-order chi connectivity index (χ0) is 20.5. The molecule has 0 amide bonds. The Morgan fingerprint density at radius 3 is 2.57 bits per heavy atom. The zero-order valence-electron chi connectivity index (χ0n) is 16.2. The van der Waals surface area contributed by atoms with Crippen LogP contribution in [0.25, 0.3) is 26.5 Å². The summed E-state index contributed by atoms with van der Waals surface area (Å²) in [6, 6.07) is 18.7. The fourth-order valence-electron chi connectivity index (χ4n) is 3.42. The van der Waals surface area contributed by atoms with Crippen LogP contribution in [0.3, 0.4) is 0 Å². The molecule has 0 bridgehead atoms. The van der Waals surface area contributed by atoms with E-state index < -0.39 is 6.29 Å². The fraction of sp³-hybridized carbons (Fsp3) is 0.167. The molecule has 5 rings (SSSR count). The van der Waals surface area contributed by atoms with Crippen LogP contribution in [0.1, 0.15) is 29.5 Å². The Labute approximate surface area is 177 Å². The standard InChI is InChI=1S/C24H19FN2O2S/c1-15(16-6-3-2-4-7-16)20-10-11-21-23(26-20)30-22(27-21)18-9-8-17(14-19(18)25)24-28-12-5-13-29-24/h2-4,6-11,14,24H,1,5,12-13H2. The number of pyridine rings is 1. The van der Waals surface area contributed by atoms with Crippen LogP contribution in [0.2, 0.25) is 0 Å². The lowest BCUT2D eigenvalue weighted by Gasteiger charge is -2.23. The van der Waals surface area contributed by atoms with Gasteiger partial charge in [0.2, 0.25) is 0 Å². The van der Waals surface area contributed by atoms with Crippen molar-refractivity contribution < 1.29 is 13.9 Å². The number of rotatable bonds is 4. The zero-order valence-corrected chi connectivity index (χ0v) is 17.0. The summed E-state index contributed by atoms with van der Waals surface area (Å²) in [6.07, 6.45) is 0.347. The molecule has 0 spiro atoms. The lowest BCUT2D eigenvalue weighted by molar-refractivity contribution is -0.183. The second-order valence-corrected chi connectivity index (χ2v) is 8.03. The summed E-state index contributed by atoms with van der Waals surface area (Å²) in [5.41, 5.74) is 4.50. The monoisotopic (exact) mass is 418 g/mol. The van der Waals surface area contributed by atoms with E-state index in [1.807, 2.05) is 48.5 Å². The quantitative estimate of drug-likeness (QED) is 0.408. The first-order valence-electron chi connectivity index (χ1n) is 9.74. The predicted octanol–water partition coefficient (Wildman–Crippen LogP) is 5.99. The normalized spacial score (nSPS) is 14.8. The molecule has 2 aromatic heterocycles. The summed E-state index contributed by atoms with van der Waals surface area (Å²) >= 11 is 1.37. The lowest BCUT2D eigenvalue weighted by atomic mass is 10.0. The van der Waals surface area contributed by atoms with Gasteiger partial charge < -0.3 is 9.47 Å². The van der Waals surface area contributed by atoms with Crippen LogP contribution in [0.4, 0.5) is 4.39 Å². The Bertz CT molecular complexity index is 1220. The molecule has 0 atom stereocenters. The Balaban J connectivity index is 1.46. The van der Waals surface area contributed by atoms with Gasteiger partial charge in [0.15, 0.2) is 6.29 Å². The van der Waals surface area contributed by atoms with Crippen molar-refractivity contribution in [2.24, 2.45) is 0 Å². The third-order valence-corrected chi connectivity index (χ3v) is 6.01. The van der Waals surface area contributed by atoms with Crippen molar-refractivity contribution in [2.75, 3.05) is 13.2 Å². The van der Waals surface area contributed by atoms with E-state index in [1.165, 1.54) is 17.4 Å². The smallest absolute Gasteiger partial charge is 0.183 e. The number of thiazole rings is 1. The summed E-state index contributed by atoms with van der Waals surface area (Å²) in [5.74, 6) is -0.349. The molecule has 4 aromatic rings. The van der Waals surface area contributed by atoms with Gasteiger partial charge in [0.25, 0.3) is 0 Å². The molecule has 150 valence electrons. The van der Waals surface area contributed by atoms with Gasteiger partial charge in [0, 0.05) is 16.7 Å². The second kappa shape index (κ2) is 8.07. The van der Waals surface area contributed by atoms with Crippen LogP contribution in [-0.2, 0) is 9.47 Å². The second-order valence-electron chi connectivity index (χ2n) is 7.05. The molecule has 2 aromatic carbocycles. The van der Waals surface area contributed by atoms with E-state index in [2.05, 4.69) is 11.6 Å². The molecule has 0 unspecified atom stereocenters. The number of fused-ring (bicyclic) bond motifs is 1. The molecule has 4 nitrogen and oxygen atoms in total. The Hall–Kier alpha value is -2.93. The van der Waals surface area contributed by atoms with Gasteiger partial charge in [-0.3, -0.25) is 0 Å². The third kappa shape index (κ3) is 3.65. The largest absolute Gasteiger partial charge is 0.348 e. The van der Waals surface area contributed by atoms with Crippen molar-refractivity contribution in [2.45, 2.75) is 12.7 Å². The van der Waals surface area contributed by atoms with E-state index in [-0.39, 0.29) is 5.82 Å². The van der Waals surface area contributed by atoms with Gasteiger partial charge in [-0.25, -0.2) is 14.4 Å². The van der Waals surface area contributed by atoms with Crippen molar-refractivity contribution in [3.05, 3.63) is 89.9 Å². The number of halogens is 1. The minimum absolute atomic E-state index is 0.349. The molecule has 1 aliphatic rings. The summed E-state index contributed by atoms with van der Waals surface area (Å²) < 4.78 is 26.0. The van der Waals surface area contributed by atoms with Gasteiger partial charge >= 0.3 is 0 Å². The molecule has 3 heterocycles. The van der Waals surface area contributed by atoms with Gasteiger partial charge in [-0.15, -0.1) is 0 Å². The van der Waals surface area contributed by atoms with Crippen molar-refractivity contribution in [3.63, 3.8) is 0 Å². The number of hydrogen-bond donors (Lipinski definition) is 0. The summed E-state index contributed by atoms with van der Waals surface area (Å²) in [5, 5.41) is 0.592. The van der Waals surface area contributed by atoms with E-state index in [4.69, 9.17) is 14.5 Å². The molecular weight excluding hydrogens is 399 g/mol. The molecule has 6 heteroatoms. The van der Waals surface area contributed by atoms with E-state index >= 15 is 0 Å². The SMILES string of the molecule is C=C(c1ccccc1)c1ccc2nc(-c3ccc(C4OCCCO4)cc3F)sc2n1. The third-order valence-electron chi connectivity index (χ3n) is 5.01. The summed E-state index contributed by atoms with van der Waals surface area (Å²) in [6.45, 7) is 5.41. The van der Waals surface area contributed by atoms with Crippen LogP contribution >= 0.6 is 11.3 Å². The highest BCUT2D eigenvalue weighted by Crippen LogP contribution is 2.34. The highest BCUT2D eigenvalue weighted by molar-refractivity contribution is 7.21. The first-order valence-corrected chi connectivity index (χ1v) is 10.6. The lowest BCUT2D eigenvalue weighted by Crippen LogP contribution is -2.17. The Morgan fingerprint density at radius 2 is 1.80 bits per heavy atom. The average Bonchev–Trinajstić information content (AvgIpc) is 3.22. The van der Waals surface area contributed by atoms with Gasteiger partial charge in [0.1, 0.15) is 21.2 Å². The molecule has 1 saturated heterocycles. The van der Waals surface area contributed by atoms with Gasteiger partial charge in [0.05, 0.1) is 18.9 Å². The topological polar surface area (TPSA) is 44.2 Å². The molecule has 0 aliphatic carbocycles. The highest BCUT2D eigenvalue weighted by atomic mass is 32.1. The minimum atomic E-state index is -0.508. The van der Waals surface area contributed by atoms with Crippen molar-refractivity contribution in [1.82, 2.24) is 9.97 Å². The van der Waals surface area contributed by atoms with Crippen LogP contribution in [0.5, 0.6) is 0 Å². The molecule has 0 N–H and O–H groups in total. The van der Waals surface area contributed by atoms with E-state index in [0.717, 1.165) is 33.6 Å². The van der Waals surface area contributed by atoms with Crippen LogP contribution < -0.4 is 0 Å². The first-order chi connectivity index (χ1) is 14.7. The van der Waals surface area contributed by atoms with E-state index in [1.54, 1.807) is 6.07 Å². The molecule has 0 saturated carbocycles. The van der Waals surface area contributed by atoms with Gasteiger partial charge in [-0.2, -0.15) is 0 Å². The fourth-order valence-corrected chi connectivity index (χ4v) is 4.38.